The van der Waals surface area contributed by atoms with Gasteiger partial charge in [0.2, 0.25) is 5.91 Å². The normalized spacial score (nSPS) is 11.2. The standard InChI is InChI=1S/C15H21N5O/c1-5-20-12(3)13(9-17-20)6-7-15(21)16-10-14-8-11(2)18-19(14)4/h6-9H,5,10H2,1-4H3,(H,16,21)/b7-6+. The first-order valence-corrected chi connectivity index (χ1v) is 6.99. The molecule has 0 radical (unpaired) electrons. The lowest BCUT2D eigenvalue weighted by atomic mass is 10.2. The van der Waals surface area contributed by atoms with Gasteiger partial charge < -0.3 is 5.32 Å². The number of hydrogen-bond donors (Lipinski definition) is 1. The third-order valence-electron chi connectivity index (χ3n) is 3.40. The van der Waals surface area contributed by atoms with Gasteiger partial charge in [0, 0.05) is 30.9 Å². The molecule has 0 aliphatic heterocycles. The van der Waals surface area contributed by atoms with Crippen molar-refractivity contribution in [3.63, 3.8) is 0 Å². The van der Waals surface area contributed by atoms with Gasteiger partial charge in [0.25, 0.3) is 0 Å². The van der Waals surface area contributed by atoms with Crippen molar-refractivity contribution in [1.82, 2.24) is 24.9 Å². The lowest BCUT2D eigenvalue weighted by Crippen LogP contribution is -2.21. The second kappa shape index (κ2) is 6.39. The van der Waals surface area contributed by atoms with Crippen LogP contribution in [0, 0.1) is 13.8 Å². The maximum absolute atomic E-state index is 11.8. The minimum atomic E-state index is -0.127. The summed E-state index contributed by atoms with van der Waals surface area (Å²) in [6.07, 6.45) is 5.10. The number of nitrogens with one attached hydrogen (secondary N) is 1. The fourth-order valence-corrected chi connectivity index (χ4v) is 2.18. The molecule has 1 amide bonds. The van der Waals surface area contributed by atoms with Gasteiger partial charge in [0.05, 0.1) is 24.1 Å². The minimum absolute atomic E-state index is 0.127. The molecule has 0 aliphatic rings. The predicted molar refractivity (Wildman–Crippen MR) is 81.5 cm³/mol. The Hall–Kier alpha value is -2.37. The van der Waals surface area contributed by atoms with Crippen molar-refractivity contribution < 1.29 is 4.79 Å². The molecule has 0 fully saturated rings. The van der Waals surface area contributed by atoms with Crippen molar-refractivity contribution in [2.45, 2.75) is 33.9 Å². The van der Waals surface area contributed by atoms with Crippen molar-refractivity contribution in [3.05, 3.63) is 41.0 Å². The highest BCUT2D eigenvalue weighted by molar-refractivity contribution is 5.91. The maximum Gasteiger partial charge on any atom is 0.244 e. The van der Waals surface area contributed by atoms with E-state index < -0.39 is 0 Å². The molecule has 0 aliphatic carbocycles. The summed E-state index contributed by atoms with van der Waals surface area (Å²) in [5.74, 6) is -0.127. The number of amides is 1. The Morgan fingerprint density at radius 1 is 1.43 bits per heavy atom. The second-order valence-corrected chi connectivity index (χ2v) is 4.95. The van der Waals surface area contributed by atoms with Crippen LogP contribution < -0.4 is 5.32 Å². The third-order valence-corrected chi connectivity index (χ3v) is 3.40. The van der Waals surface area contributed by atoms with E-state index in [0.29, 0.717) is 6.54 Å². The van der Waals surface area contributed by atoms with E-state index in [9.17, 15) is 4.79 Å². The van der Waals surface area contributed by atoms with Crippen LogP contribution in [0.2, 0.25) is 0 Å². The summed E-state index contributed by atoms with van der Waals surface area (Å²) in [6.45, 7) is 7.25. The van der Waals surface area contributed by atoms with Crippen molar-refractivity contribution in [2.75, 3.05) is 0 Å². The van der Waals surface area contributed by atoms with E-state index in [1.165, 1.54) is 6.08 Å². The summed E-state index contributed by atoms with van der Waals surface area (Å²) in [6, 6.07) is 1.96. The van der Waals surface area contributed by atoms with E-state index in [4.69, 9.17) is 0 Å². The maximum atomic E-state index is 11.8. The number of aromatic nitrogens is 4. The number of hydrogen-bond acceptors (Lipinski definition) is 3. The first-order valence-electron chi connectivity index (χ1n) is 6.99. The number of carbonyl (C=O) groups is 1. The van der Waals surface area contributed by atoms with E-state index in [1.807, 2.05) is 38.6 Å². The van der Waals surface area contributed by atoms with Crippen molar-refractivity contribution in [3.8, 4) is 0 Å². The largest absolute Gasteiger partial charge is 0.347 e. The smallest absolute Gasteiger partial charge is 0.244 e. The highest BCUT2D eigenvalue weighted by Crippen LogP contribution is 2.09. The second-order valence-electron chi connectivity index (χ2n) is 4.95. The van der Waals surface area contributed by atoms with Crippen LogP contribution in [0.3, 0.4) is 0 Å². The van der Waals surface area contributed by atoms with Gasteiger partial charge in [-0.05, 0) is 32.9 Å². The molecule has 2 heterocycles. The van der Waals surface area contributed by atoms with Gasteiger partial charge >= 0.3 is 0 Å². The first-order chi connectivity index (χ1) is 10.0. The summed E-state index contributed by atoms with van der Waals surface area (Å²) >= 11 is 0. The van der Waals surface area contributed by atoms with E-state index >= 15 is 0 Å². The van der Waals surface area contributed by atoms with Gasteiger partial charge in [-0.1, -0.05) is 0 Å². The Morgan fingerprint density at radius 3 is 2.76 bits per heavy atom. The fourth-order valence-electron chi connectivity index (χ4n) is 2.18. The van der Waals surface area contributed by atoms with Crippen LogP contribution in [0.1, 0.15) is 29.6 Å². The van der Waals surface area contributed by atoms with Crippen LogP contribution >= 0.6 is 0 Å². The monoisotopic (exact) mass is 287 g/mol. The Balaban J connectivity index is 1.93. The molecule has 21 heavy (non-hydrogen) atoms. The van der Waals surface area contributed by atoms with Gasteiger partial charge in [-0.3, -0.25) is 14.2 Å². The molecule has 2 aromatic rings. The molecular weight excluding hydrogens is 266 g/mol. The van der Waals surface area contributed by atoms with Gasteiger partial charge in [-0.25, -0.2) is 0 Å². The fraction of sp³-hybridized carbons (Fsp3) is 0.400. The predicted octanol–water partition coefficient (Wildman–Crippen LogP) is 1.58. The van der Waals surface area contributed by atoms with Gasteiger partial charge in [0.1, 0.15) is 0 Å². The number of aryl methyl sites for hydroxylation is 3. The summed E-state index contributed by atoms with van der Waals surface area (Å²) in [5, 5.41) is 11.3. The average Bonchev–Trinajstić information content (AvgIpc) is 2.96. The number of carbonyl (C=O) groups excluding carboxylic acids is 1. The molecule has 0 atom stereocenters. The molecule has 1 N–H and O–H groups in total. The minimum Gasteiger partial charge on any atom is -0.347 e. The quantitative estimate of drug-likeness (QED) is 0.849. The molecule has 0 aromatic carbocycles. The number of rotatable bonds is 5. The van der Waals surface area contributed by atoms with E-state index in [0.717, 1.165) is 29.2 Å². The molecule has 0 saturated carbocycles. The highest BCUT2D eigenvalue weighted by Gasteiger charge is 2.04. The summed E-state index contributed by atoms with van der Waals surface area (Å²) in [4.78, 5) is 11.8. The van der Waals surface area contributed by atoms with Gasteiger partial charge in [-0.15, -0.1) is 0 Å². The Kier molecular flexibility index (Phi) is 4.57. The molecule has 0 unspecified atom stereocenters. The molecule has 2 rings (SSSR count). The van der Waals surface area contributed by atoms with Gasteiger partial charge in [0.15, 0.2) is 0 Å². The summed E-state index contributed by atoms with van der Waals surface area (Å²) in [5.41, 5.74) is 3.94. The van der Waals surface area contributed by atoms with E-state index in [2.05, 4.69) is 15.5 Å². The van der Waals surface area contributed by atoms with Crippen LogP contribution in [-0.2, 0) is 24.9 Å². The van der Waals surface area contributed by atoms with Gasteiger partial charge in [-0.2, -0.15) is 10.2 Å². The topological polar surface area (TPSA) is 64.7 Å². The van der Waals surface area contributed by atoms with Crippen molar-refractivity contribution in [1.29, 1.82) is 0 Å². The third kappa shape index (κ3) is 3.59. The zero-order valence-corrected chi connectivity index (χ0v) is 12.9. The lowest BCUT2D eigenvalue weighted by Gasteiger charge is -2.02. The first kappa shape index (κ1) is 15.0. The van der Waals surface area contributed by atoms with Crippen LogP contribution in [0.15, 0.2) is 18.3 Å². The SMILES string of the molecule is CCn1ncc(/C=C/C(=O)NCc2cc(C)nn2C)c1C. The van der Waals surface area contributed by atoms with Crippen molar-refractivity contribution >= 4 is 12.0 Å². The molecule has 6 heteroatoms. The van der Waals surface area contributed by atoms with Crippen LogP contribution in [0.4, 0.5) is 0 Å². The highest BCUT2D eigenvalue weighted by atomic mass is 16.1. The average molecular weight is 287 g/mol. The van der Waals surface area contributed by atoms with E-state index in [-0.39, 0.29) is 5.91 Å². The Labute approximate surface area is 124 Å². The van der Waals surface area contributed by atoms with E-state index in [1.54, 1.807) is 17.0 Å². The summed E-state index contributed by atoms with van der Waals surface area (Å²) in [7, 11) is 1.87. The number of nitrogens with zero attached hydrogens (tertiary/aromatic N) is 4. The zero-order valence-electron chi connectivity index (χ0n) is 12.9. The molecule has 0 bridgehead atoms. The molecule has 0 saturated heterocycles. The molecule has 0 spiro atoms. The molecule has 112 valence electrons. The molecule has 2 aromatic heterocycles. The van der Waals surface area contributed by atoms with Crippen LogP contribution in [0.25, 0.3) is 6.08 Å². The Morgan fingerprint density at radius 2 is 2.19 bits per heavy atom. The van der Waals surface area contributed by atoms with Crippen LogP contribution in [0.5, 0.6) is 0 Å². The molecular formula is C15H21N5O. The Bertz CT molecular complexity index is 666. The molecule has 6 nitrogen and oxygen atoms in total. The lowest BCUT2D eigenvalue weighted by molar-refractivity contribution is -0.116. The zero-order chi connectivity index (χ0) is 15.4. The summed E-state index contributed by atoms with van der Waals surface area (Å²) < 4.78 is 3.67. The van der Waals surface area contributed by atoms with Crippen molar-refractivity contribution in [2.24, 2.45) is 7.05 Å². The van der Waals surface area contributed by atoms with Crippen LogP contribution in [-0.4, -0.2) is 25.5 Å².